The van der Waals surface area contributed by atoms with Gasteiger partial charge in [-0.2, -0.15) is 4.72 Å². The van der Waals surface area contributed by atoms with Crippen molar-refractivity contribution in [1.29, 1.82) is 0 Å². The highest BCUT2D eigenvalue weighted by Gasteiger charge is 2.29. The summed E-state index contributed by atoms with van der Waals surface area (Å²) in [7, 11) is -4.30. The van der Waals surface area contributed by atoms with E-state index in [2.05, 4.69) is 4.72 Å². The fourth-order valence-corrected chi connectivity index (χ4v) is 2.99. The molecule has 20 heavy (non-hydrogen) atoms. The fourth-order valence-electron chi connectivity index (χ4n) is 1.61. The zero-order valence-electron chi connectivity index (χ0n) is 11.1. The lowest BCUT2D eigenvalue weighted by atomic mass is 10.00. The SMILES string of the molecule is CCC(C)C(NS(=O)(=O)c1ccc(F)cc1F)C(N)=O. The number of halogens is 2. The monoisotopic (exact) mass is 306 g/mol. The lowest BCUT2D eigenvalue weighted by molar-refractivity contribution is -0.120. The number of hydrogen-bond acceptors (Lipinski definition) is 3. The molecule has 1 aromatic rings. The maximum atomic E-state index is 13.5. The van der Waals surface area contributed by atoms with Crippen LogP contribution in [0.3, 0.4) is 0 Å². The molecule has 112 valence electrons. The molecule has 0 saturated heterocycles. The van der Waals surface area contributed by atoms with Crippen molar-refractivity contribution in [2.75, 3.05) is 0 Å². The van der Waals surface area contributed by atoms with Gasteiger partial charge in [-0.05, 0) is 18.1 Å². The number of primary amides is 1. The Morgan fingerprint density at radius 3 is 2.45 bits per heavy atom. The van der Waals surface area contributed by atoms with Crippen molar-refractivity contribution in [1.82, 2.24) is 4.72 Å². The molecular weight excluding hydrogens is 290 g/mol. The summed E-state index contributed by atoms with van der Waals surface area (Å²) in [6.45, 7) is 3.40. The molecule has 0 aliphatic rings. The largest absolute Gasteiger partial charge is 0.368 e. The molecule has 1 rings (SSSR count). The fraction of sp³-hybridized carbons (Fsp3) is 0.417. The molecule has 0 saturated carbocycles. The highest BCUT2D eigenvalue weighted by molar-refractivity contribution is 7.89. The normalized spacial score (nSPS) is 14.8. The van der Waals surface area contributed by atoms with Crippen molar-refractivity contribution in [3.8, 4) is 0 Å². The summed E-state index contributed by atoms with van der Waals surface area (Å²) in [4.78, 5) is 10.6. The lowest BCUT2D eigenvalue weighted by Gasteiger charge is -2.21. The van der Waals surface area contributed by atoms with Gasteiger partial charge in [0.15, 0.2) is 0 Å². The summed E-state index contributed by atoms with van der Waals surface area (Å²) in [5.74, 6) is -3.34. The van der Waals surface area contributed by atoms with Gasteiger partial charge in [-0.1, -0.05) is 20.3 Å². The van der Waals surface area contributed by atoms with Crippen molar-refractivity contribution in [2.45, 2.75) is 31.2 Å². The molecule has 1 aromatic carbocycles. The second kappa shape index (κ2) is 6.27. The van der Waals surface area contributed by atoms with Crippen molar-refractivity contribution >= 4 is 15.9 Å². The van der Waals surface area contributed by atoms with Crippen LogP contribution in [-0.2, 0) is 14.8 Å². The first-order chi connectivity index (χ1) is 9.19. The number of rotatable bonds is 6. The molecule has 0 aromatic heterocycles. The topological polar surface area (TPSA) is 89.3 Å². The molecule has 0 heterocycles. The second-order valence-electron chi connectivity index (χ2n) is 4.46. The van der Waals surface area contributed by atoms with Crippen LogP contribution in [0.5, 0.6) is 0 Å². The Morgan fingerprint density at radius 2 is 2.00 bits per heavy atom. The molecule has 0 aliphatic heterocycles. The van der Waals surface area contributed by atoms with Crippen LogP contribution >= 0.6 is 0 Å². The summed E-state index contributed by atoms with van der Waals surface area (Å²) in [5, 5.41) is 0. The molecule has 1 amide bonds. The van der Waals surface area contributed by atoms with E-state index >= 15 is 0 Å². The standard InChI is InChI=1S/C12H16F2N2O3S/c1-3-7(2)11(12(15)17)16-20(18,19)10-5-4-8(13)6-9(10)14/h4-7,11,16H,3H2,1-2H3,(H2,15,17). The van der Waals surface area contributed by atoms with Crippen LogP contribution in [0.25, 0.3) is 0 Å². The third-order valence-electron chi connectivity index (χ3n) is 2.99. The van der Waals surface area contributed by atoms with Crippen LogP contribution in [0.2, 0.25) is 0 Å². The van der Waals surface area contributed by atoms with Crippen molar-refractivity contribution in [3.05, 3.63) is 29.8 Å². The van der Waals surface area contributed by atoms with Gasteiger partial charge < -0.3 is 5.73 Å². The maximum Gasteiger partial charge on any atom is 0.244 e. The molecular formula is C12H16F2N2O3S. The Balaban J connectivity index is 3.13. The quantitative estimate of drug-likeness (QED) is 0.826. The van der Waals surface area contributed by atoms with Crippen LogP contribution in [0.15, 0.2) is 23.1 Å². The van der Waals surface area contributed by atoms with Gasteiger partial charge in [0, 0.05) is 6.07 Å². The number of sulfonamides is 1. The highest BCUT2D eigenvalue weighted by Crippen LogP contribution is 2.17. The Morgan fingerprint density at radius 1 is 1.40 bits per heavy atom. The van der Waals surface area contributed by atoms with Gasteiger partial charge in [0.2, 0.25) is 15.9 Å². The molecule has 3 N–H and O–H groups in total. The van der Waals surface area contributed by atoms with Gasteiger partial charge in [-0.3, -0.25) is 4.79 Å². The number of carbonyl (C=O) groups excluding carboxylic acids is 1. The van der Waals surface area contributed by atoms with Gasteiger partial charge in [0.1, 0.15) is 22.6 Å². The zero-order valence-corrected chi connectivity index (χ0v) is 11.9. The Bertz CT molecular complexity index is 605. The number of benzene rings is 1. The first-order valence-electron chi connectivity index (χ1n) is 5.95. The van der Waals surface area contributed by atoms with Crippen molar-refractivity contribution in [2.24, 2.45) is 11.7 Å². The minimum Gasteiger partial charge on any atom is -0.368 e. The number of nitrogens with two attached hydrogens (primary N) is 1. The van der Waals surface area contributed by atoms with E-state index in [4.69, 9.17) is 5.73 Å². The molecule has 2 atom stereocenters. The van der Waals surface area contributed by atoms with Gasteiger partial charge in [0.05, 0.1) is 0 Å². The van der Waals surface area contributed by atoms with E-state index in [9.17, 15) is 22.0 Å². The van der Waals surface area contributed by atoms with Gasteiger partial charge >= 0.3 is 0 Å². The average molecular weight is 306 g/mol. The van der Waals surface area contributed by atoms with E-state index in [0.29, 0.717) is 12.5 Å². The maximum absolute atomic E-state index is 13.5. The van der Waals surface area contributed by atoms with E-state index in [0.717, 1.165) is 12.1 Å². The van der Waals surface area contributed by atoms with Crippen LogP contribution in [0.1, 0.15) is 20.3 Å². The first-order valence-corrected chi connectivity index (χ1v) is 7.44. The van der Waals surface area contributed by atoms with Gasteiger partial charge in [-0.25, -0.2) is 17.2 Å². The minimum absolute atomic E-state index is 0.356. The van der Waals surface area contributed by atoms with Crippen LogP contribution in [-0.4, -0.2) is 20.4 Å². The summed E-state index contributed by atoms with van der Waals surface area (Å²) in [6, 6.07) is 0.910. The number of nitrogens with one attached hydrogen (secondary N) is 1. The van der Waals surface area contributed by atoms with Crippen molar-refractivity contribution < 1.29 is 22.0 Å². The zero-order chi connectivity index (χ0) is 15.5. The van der Waals surface area contributed by atoms with Crippen LogP contribution in [0.4, 0.5) is 8.78 Å². The first kappa shape index (κ1) is 16.5. The molecule has 0 radical (unpaired) electrons. The summed E-state index contributed by atoms with van der Waals surface area (Å²) in [6.07, 6.45) is 0.502. The summed E-state index contributed by atoms with van der Waals surface area (Å²) >= 11 is 0. The molecule has 2 unspecified atom stereocenters. The Kier molecular flexibility index (Phi) is 5.18. The third kappa shape index (κ3) is 3.73. The van der Waals surface area contributed by atoms with Gasteiger partial charge in [0.25, 0.3) is 0 Å². The van der Waals surface area contributed by atoms with Gasteiger partial charge in [-0.15, -0.1) is 0 Å². The predicted octanol–water partition coefficient (Wildman–Crippen LogP) is 1.14. The Hall–Kier alpha value is -1.54. The summed E-state index contributed by atoms with van der Waals surface area (Å²) < 4.78 is 52.4. The van der Waals surface area contributed by atoms with E-state index in [1.165, 1.54) is 0 Å². The molecule has 0 spiro atoms. The van der Waals surface area contributed by atoms with Crippen molar-refractivity contribution in [3.63, 3.8) is 0 Å². The molecule has 0 aliphatic carbocycles. The van der Waals surface area contributed by atoms with Crippen LogP contribution < -0.4 is 10.5 Å². The second-order valence-corrected chi connectivity index (χ2v) is 6.14. The third-order valence-corrected chi connectivity index (χ3v) is 4.46. The minimum atomic E-state index is -4.30. The molecule has 0 bridgehead atoms. The number of hydrogen-bond donors (Lipinski definition) is 2. The summed E-state index contributed by atoms with van der Waals surface area (Å²) in [5.41, 5.74) is 5.14. The number of amides is 1. The molecule has 0 fully saturated rings. The number of carbonyl (C=O) groups is 1. The lowest BCUT2D eigenvalue weighted by Crippen LogP contribution is -2.48. The molecule has 8 heteroatoms. The van der Waals surface area contributed by atoms with E-state index in [1.54, 1.807) is 13.8 Å². The molecule has 5 nitrogen and oxygen atoms in total. The smallest absolute Gasteiger partial charge is 0.244 e. The van der Waals surface area contributed by atoms with Crippen LogP contribution in [0, 0.1) is 17.6 Å². The Labute approximate surface area is 116 Å². The van der Waals surface area contributed by atoms with E-state index < -0.39 is 38.5 Å². The average Bonchev–Trinajstić information content (AvgIpc) is 2.34. The van der Waals surface area contributed by atoms with E-state index in [-0.39, 0.29) is 5.92 Å². The predicted molar refractivity (Wildman–Crippen MR) is 69.1 cm³/mol. The highest BCUT2D eigenvalue weighted by atomic mass is 32.2. The van der Waals surface area contributed by atoms with E-state index in [1.807, 2.05) is 0 Å².